The van der Waals surface area contributed by atoms with Gasteiger partial charge in [0.15, 0.2) is 11.9 Å². The Hall–Kier alpha value is -1.40. The van der Waals surface area contributed by atoms with E-state index in [1.54, 1.807) is 6.92 Å². The van der Waals surface area contributed by atoms with E-state index in [0.717, 1.165) is 0 Å². The second-order valence-electron chi connectivity index (χ2n) is 3.53. The molecule has 0 fully saturated rings. The number of Topliss-reactive ketones (excluding diaryl/α,β-unsaturated/α-hetero) is 1. The number of benzene rings is 1. The lowest BCUT2D eigenvalue weighted by molar-refractivity contribution is -0.146. The molecule has 4 N–H and O–H groups in total. The van der Waals surface area contributed by atoms with E-state index in [9.17, 15) is 14.7 Å². The van der Waals surface area contributed by atoms with Crippen LogP contribution in [0.1, 0.15) is 28.9 Å². The largest absolute Gasteiger partial charge is 0.479 e. The molecule has 2 atom stereocenters. The van der Waals surface area contributed by atoms with Crippen molar-refractivity contribution in [3.05, 3.63) is 29.3 Å². The molecule has 1 aromatic rings. The van der Waals surface area contributed by atoms with Crippen molar-refractivity contribution in [1.29, 1.82) is 0 Å². The van der Waals surface area contributed by atoms with Gasteiger partial charge in [-0.1, -0.05) is 28.1 Å². The van der Waals surface area contributed by atoms with Crippen molar-refractivity contribution >= 4 is 33.4 Å². The Balaban J connectivity index is 3.36. The summed E-state index contributed by atoms with van der Waals surface area (Å²) in [5.41, 5.74) is 5.75. The maximum Gasteiger partial charge on any atom is 0.337 e. The van der Waals surface area contributed by atoms with Crippen molar-refractivity contribution in [2.24, 2.45) is 0 Å². The second-order valence-corrected chi connectivity index (χ2v) is 4.90. The maximum absolute atomic E-state index is 11.8. The first kappa shape index (κ1) is 13.7. The second kappa shape index (κ2) is 5.29. The fraction of sp³-hybridized carbons (Fsp3) is 0.273. The molecular weight excluding hydrogens is 290 g/mol. The van der Waals surface area contributed by atoms with Crippen LogP contribution < -0.4 is 5.73 Å². The van der Waals surface area contributed by atoms with Crippen LogP contribution in [0.5, 0.6) is 0 Å². The Morgan fingerprint density at radius 1 is 1.41 bits per heavy atom. The van der Waals surface area contributed by atoms with Crippen LogP contribution in [0.4, 0.5) is 5.69 Å². The number of anilines is 1. The minimum atomic E-state index is -1.80. The number of aliphatic hydroxyl groups is 1. The number of halogens is 1. The molecule has 0 aromatic heterocycles. The van der Waals surface area contributed by atoms with E-state index in [2.05, 4.69) is 15.9 Å². The number of ketones is 1. The van der Waals surface area contributed by atoms with Gasteiger partial charge in [0, 0.05) is 16.8 Å². The van der Waals surface area contributed by atoms with Crippen LogP contribution in [-0.2, 0) is 4.79 Å². The van der Waals surface area contributed by atoms with Crippen LogP contribution in [-0.4, -0.2) is 26.8 Å². The third-order valence-corrected chi connectivity index (χ3v) is 2.69. The molecule has 6 heteroatoms. The number of aliphatic carboxylic acids is 1. The zero-order valence-electron chi connectivity index (χ0n) is 9.05. The van der Waals surface area contributed by atoms with Gasteiger partial charge in [-0.05, 0) is 13.0 Å². The van der Waals surface area contributed by atoms with E-state index < -0.39 is 16.9 Å². The van der Waals surface area contributed by atoms with Gasteiger partial charge in [-0.2, -0.15) is 0 Å². The lowest BCUT2D eigenvalue weighted by Gasteiger charge is -2.14. The molecule has 0 spiro atoms. The van der Waals surface area contributed by atoms with Crippen molar-refractivity contribution in [2.75, 3.05) is 5.73 Å². The fourth-order valence-corrected chi connectivity index (χ4v) is 1.69. The lowest BCUT2D eigenvalue weighted by atomic mass is 9.96. The number of carboxylic acids is 1. The van der Waals surface area contributed by atoms with Gasteiger partial charge in [0.05, 0.1) is 4.83 Å². The van der Waals surface area contributed by atoms with E-state index in [0.29, 0.717) is 0 Å². The van der Waals surface area contributed by atoms with Crippen LogP contribution in [0, 0.1) is 0 Å². The molecule has 0 radical (unpaired) electrons. The van der Waals surface area contributed by atoms with Crippen molar-refractivity contribution in [1.82, 2.24) is 0 Å². The van der Waals surface area contributed by atoms with Crippen LogP contribution >= 0.6 is 15.9 Å². The highest BCUT2D eigenvalue weighted by Crippen LogP contribution is 2.27. The number of aliphatic hydroxyl groups excluding tert-OH is 1. The Morgan fingerprint density at radius 3 is 2.47 bits per heavy atom. The average Bonchev–Trinajstić information content (AvgIpc) is 2.26. The number of nitrogen functional groups attached to an aromatic ring is 1. The molecule has 0 amide bonds. The minimum absolute atomic E-state index is 0.0590. The molecular formula is C11H12BrNO4. The molecule has 0 saturated heterocycles. The topological polar surface area (TPSA) is 101 Å². The summed E-state index contributed by atoms with van der Waals surface area (Å²) in [6.45, 7) is 1.61. The van der Waals surface area contributed by atoms with E-state index in [1.165, 1.54) is 18.2 Å². The molecule has 0 saturated carbocycles. The predicted octanol–water partition coefficient (Wildman–Crippen LogP) is 1.35. The summed E-state index contributed by atoms with van der Waals surface area (Å²) in [5, 5.41) is 18.3. The lowest BCUT2D eigenvalue weighted by Crippen LogP contribution is -2.20. The fourth-order valence-electron chi connectivity index (χ4n) is 1.44. The Morgan fingerprint density at radius 2 is 2.00 bits per heavy atom. The SMILES string of the molecule is CC(Br)C(=O)c1cccc(N)c1C(O)C(=O)O. The van der Waals surface area contributed by atoms with Crippen molar-refractivity contribution in [3.63, 3.8) is 0 Å². The summed E-state index contributed by atoms with van der Waals surface area (Å²) in [6, 6.07) is 4.42. The van der Waals surface area contributed by atoms with Crippen LogP contribution in [0.15, 0.2) is 18.2 Å². The standard InChI is InChI=1S/C11H12BrNO4/c1-5(12)9(14)6-3-2-4-7(13)8(6)10(15)11(16)17/h2-5,10,15H,13H2,1H3,(H,16,17). The van der Waals surface area contributed by atoms with Gasteiger partial charge in [-0.3, -0.25) is 4.79 Å². The van der Waals surface area contributed by atoms with Crippen molar-refractivity contribution < 1.29 is 19.8 Å². The molecule has 0 aliphatic rings. The van der Waals surface area contributed by atoms with Gasteiger partial charge in [-0.25, -0.2) is 4.79 Å². The smallest absolute Gasteiger partial charge is 0.337 e. The number of carbonyl (C=O) groups excluding carboxylic acids is 1. The van der Waals surface area contributed by atoms with Gasteiger partial charge in [0.25, 0.3) is 0 Å². The molecule has 1 aromatic carbocycles. The van der Waals surface area contributed by atoms with E-state index in [-0.39, 0.29) is 22.6 Å². The minimum Gasteiger partial charge on any atom is -0.479 e. The number of carbonyl (C=O) groups is 2. The van der Waals surface area contributed by atoms with E-state index >= 15 is 0 Å². The van der Waals surface area contributed by atoms with Gasteiger partial charge in [-0.15, -0.1) is 0 Å². The maximum atomic E-state index is 11.8. The van der Waals surface area contributed by atoms with Crippen LogP contribution in [0.3, 0.4) is 0 Å². The van der Waals surface area contributed by atoms with Crippen molar-refractivity contribution in [2.45, 2.75) is 17.9 Å². The molecule has 5 nitrogen and oxygen atoms in total. The molecule has 2 unspecified atom stereocenters. The zero-order valence-corrected chi connectivity index (χ0v) is 10.6. The first-order valence-corrected chi connectivity index (χ1v) is 5.75. The molecule has 0 bridgehead atoms. The summed E-state index contributed by atoms with van der Waals surface area (Å²) in [7, 11) is 0. The Labute approximate surface area is 106 Å². The summed E-state index contributed by atoms with van der Waals surface area (Å²) < 4.78 is 0. The monoisotopic (exact) mass is 301 g/mol. The quantitative estimate of drug-likeness (QED) is 0.443. The summed E-state index contributed by atoms with van der Waals surface area (Å²) in [4.78, 5) is 22.1. The molecule has 1 rings (SSSR count). The normalized spacial score (nSPS) is 14.1. The molecule has 0 aliphatic heterocycles. The highest BCUT2D eigenvalue weighted by atomic mass is 79.9. The van der Waals surface area contributed by atoms with Crippen LogP contribution in [0.2, 0.25) is 0 Å². The van der Waals surface area contributed by atoms with Crippen LogP contribution in [0.25, 0.3) is 0 Å². The molecule has 0 heterocycles. The summed E-state index contributed by atoms with van der Waals surface area (Å²) >= 11 is 3.10. The van der Waals surface area contributed by atoms with Gasteiger partial charge < -0.3 is 15.9 Å². The third-order valence-electron chi connectivity index (χ3n) is 2.27. The number of alkyl halides is 1. The molecule has 17 heavy (non-hydrogen) atoms. The Kier molecular flexibility index (Phi) is 4.25. The van der Waals surface area contributed by atoms with E-state index in [1.807, 2.05) is 0 Å². The number of hydrogen-bond donors (Lipinski definition) is 3. The first-order chi connectivity index (χ1) is 7.86. The highest BCUT2D eigenvalue weighted by Gasteiger charge is 2.26. The summed E-state index contributed by atoms with van der Waals surface area (Å²) in [5.74, 6) is -1.77. The van der Waals surface area contributed by atoms with Gasteiger partial charge in [0.2, 0.25) is 0 Å². The number of hydrogen-bond acceptors (Lipinski definition) is 4. The average molecular weight is 302 g/mol. The van der Waals surface area contributed by atoms with Gasteiger partial charge >= 0.3 is 5.97 Å². The highest BCUT2D eigenvalue weighted by molar-refractivity contribution is 9.10. The molecule has 0 aliphatic carbocycles. The third kappa shape index (κ3) is 2.83. The number of carboxylic acid groups (broad SMARTS) is 1. The zero-order chi connectivity index (χ0) is 13.2. The van der Waals surface area contributed by atoms with Gasteiger partial charge in [0.1, 0.15) is 0 Å². The molecule has 92 valence electrons. The van der Waals surface area contributed by atoms with E-state index in [4.69, 9.17) is 10.8 Å². The predicted molar refractivity (Wildman–Crippen MR) is 66.2 cm³/mol. The Bertz CT molecular complexity index is 459. The number of rotatable bonds is 4. The first-order valence-electron chi connectivity index (χ1n) is 4.83. The summed E-state index contributed by atoms with van der Waals surface area (Å²) in [6.07, 6.45) is -1.80. The number of nitrogens with two attached hydrogens (primary N) is 1. The van der Waals surface area contributed by atoms with Crippen molar-refractivity contribution in [3.8, 4) is 0 Å².